The van der Waals surface area contributed by atoms with Crippen LogP contribution < -0.4 is 0 Å². The lowest BCUT2D eigenvalue weighted by atomic mass is 10.1. The number of fused-ring (bicyclic) bond motifs is 1. The molecule has 0 aliphatic carbocycles. The molecule has 3 heterocycles. The molecule has 0 aliphatic rings. The van der Waals surface area contributed by atoms with E-state index < -0.39 is 21.9 Å². The summed E-state index contributed by atoms with van der Waals surface area (Å²) in [5.74, 6) is 5.64. The van der Waals surface area contributed by atoms with E-state index in [2.05, 4.69) is 21.9 Å². The van der Waals surface area contributed by atoms with Gasteiger partial charge in [0.1, 0.15) is 4.21 Å². The van der Waals surface area contributed by atoms with Gasteiger partial charge in [-0.3, -0.25) is 4.55 Å². The fourth-order valence-corrected chi connectivity index (χ4v) is 4.12. The molecule has 30 heavy (non-hydrogen) atoms. The normalized spacial score (nSPS) is 12.0. The molecule has 1 N–H and O–H groups in total. The summed E-state index contributed by atoms with van der Waals surface area (Å²) >= 11 is 0.819. The molecule has 0 amide bonds. The Morgan fingerprint density at radius 2 is 1.77 bits per heavy atom. The number of rotatable bonds is 2. The SMILES string of the molecule is O=S(=O)(O)c1ccc(C#Cc2cnn3ccc(-c4ccc(C(F)(F)F)cc4)nc23)s1. The predicted octanol–water partition coefficient (Wildman–Crippen LogP) is 4.12. The molecule has 6 nitrogen and oxygen atoms in total. The minimum absolute atomic E-state index is 0.214. The van der Waals surface area contributed by atoms with Crippen molar-refractivity contribution in [3.8, 4) is 23.1 Å². The molecule has 0 saturated heterocycles. The van der Waals surface area contributed by atoms with E-state index in [4.69, 9.17) is 4.55 Å². The molecule has 1 aromatic carbocycles. The number of benzene rings is 1. The van der Waals surface area contributed by atoms with E-state index >= 15 is 0 Å². The summed E-state index contributed by atoms with van der Waals surface area (Å²) in [6, 6.07) is 8.99. The second-order valence-electron chi connectivity index (χ2n) is 6.06. The van der Waals surface area contributed by atoms with E-state index in [0.717, 1.165) is 23.5 Å². The summed E-state index contributed by atoms with van der Waals surface area (Å²) in [4.78, 5) is 4.86. The van der Waals surface area contributed by atoms with Gasteiger partial charge in [0.05, 0.1) is 27.9 Å². The molecule has 0 aliphatic heterocycles. The molecule has 0 unspecified atom stereocenters. The zero-order valence-corrected chi connectivity index (χ0v) is 16.4. The molecule has 0 spiro atoms. The van der Waals surface area contributed by atoms with Crippen molar-refractivity contribution in [3.63, 3.8) is 0 Å². The first kappa shape index (κ1) is 20.1. The Morgan fingerprint density at radius 1 is 1.03 bits per heavy atom. The van der Waals surface area contributed by atoms with Crippen LogP contribution in [0, 0.1) is 11.8 Å². The monoisotopic (exact) mass is 449 g/mol. The first-order chi connectivity index (χ1) is 14.1. The fourth-order valence-electron chi connectivity index (χ4n) is 2.60. The maximum Gasteiger partial charge on any atom is 0.416 e. The van der Waals surface area contributed by atoms with Crippen LogP contribution in [0.25, 0.3) is 16.9 Å². The van der Waals surface area contributed by atoms with Crippen LogP contribution in [0.3, 0.4) is 0 Å². The highest BCUT2D eigenvalue weighted by Gasteiger charge is 2.30. The van der Waals surface area contributed by atoms with Crippen molar-refractivity contribution >= 4 is 27.1 Å². The predicted molar refractivity (Wildman–Crippen MR) is 104 cm³/mol. The molecule has 4 rings (SSSR count). The molecular formula is C19H10F3N3O3S2. The van der Waals surface area contributed by atoms with Gasteiger partial charge in [0, 0.05) is 11.8 Å². The van der Waals surface area contributed by atoms with Crippen molar-refractivity contribution in [2.75, 3.05) is 0 Å². The summed E-state index contributed by atoms with van der Waals surface area (Å²) < 4.78 is 70.8. The fraction of sp³-hybridized carbons (Fsp3) is 0.0526. The number of halogens is 3. The lowest BCUT2D eigenvalue weighted by molar-refractivity contribution is -0.137. The highest BCUT2D eigenvalue weighted by molar-refractivity contribution is 7.88. The third-order valence-corrected chi connectivity index (χ3v) is 6.35. The average Bonchev–Trinajstić information content (AvgIpc) is 3.32. The van der Waals surface area contributed by atoms with E-state index in [0.29, 0.717) is 27.3 Å². The summed E-state index contributed by atoms with van der Waals surface area (Å²) in [5.41, 5.74) is 1.05. The van der Waals surface area contributed by atoms with Crippen LogP contribution in [0.2, 0.25) is 0 Å². The molecular weight excluding hydrogens is 439 g/mol. The number of aromatic nitrogens is 3. The number of hydrogen-bond donors (Lipinski definition) is 1. The van der Waals surface area contributed by atoms with Crippen molar-refractivity contribution in [2.24, 2.45) is 0 Å². The molecule has 0 radical (unpaired) electrons. The minimum Gasteiger partial charge on any atom is -0.281 e. The molecule has 0 saturated carbocycles. The minimum atomic E-state index is -4.42. The molecule has 0 bridgehead atoms. The number of nitrogens with zero attached hydrogens (tertiary/aromatic N) is 3. The standard InChI is InChI=1S/C19H10F3N3O3S2/c20-19(21,22)14-4-1-12(2-5-14)16-9-10-25-18(24-16)13(11-23-25)3-6-15-7-8-17(29-15)30(26,27)28/h1-2,4-5,7-11H,(H,26,27,28). The largest absolute Gasteiger partial charge is 0.416 e. The van der Waals surface area contributed by atoms with Crippen LogP contribution in [0.4, 0.5) is 13.2 Å². The van der Waals surface area contributed by atoms with E-state index in [9.17, 15) is 21.6 Å². The lowest BCUT2D eigenvalue weighted by Gasteiger charge is -2.07. The zero-order chi connectivity index (χ0) is 21.5. The molecule has 152 valence electrons. The van der Waals surface area contributed by atoms with Crippen molar-refractivity contribution in [1.29, 1.82) is 0 Å². The maximum atomic E-state index is 12.7. The van der Waals surface area contributed by atoms with Gasteiger partial charge in [0.15, 0.2) is 5.65 Å². The first-order valence-electron chi connectivity index (χ1n) is 8.23. The van der Waals surface area contributed by atoms with Crippen molar-refractivity contribution in [3.05, 3.63) is 70.9 Å². The summed E-state index contributed by atoms with van der Waals surface area (Å²) in [5, 5.41) is 4.13. The van der Waals surface area contributed by atoms with Gasteiger partial charge in [0.25, 0.3) is 0 Å². The smallest absolute Gasteiger partial charge is 0.281 e. The van der Waals surface area contributed by atoms with Gasteiger partial charge in [-0.05, 0) is 30.3 Å². The van der Waals surface area contributed by atoms with Gasteiger partial charge in [-0.1, -0.05) is 24.0 Å². The van der Waals surface area contributed by atoms with E-state index in [1.54, 1.807) is 12.3 Å². The van der Waals surface area contributed by atoms with Crippen LogP contribution in [0.5, 0.6) is 0 Å². The van der Waals surface area contributed by atoms with Crippen molar-refractivity contribution in [1.82, 2.24) is 14.6 Å². The second kappa shape index (κ2) is 7.24. The molecule has 3 aromatic heterocycles. The number of hydrogen-bond acceptors (Lipinski definition) is 5. The van der Waals surface area contributed by atoms with Gasteiger partial charge in [-0.2, -0.15) is 26.7 Å². The van der Waals surface area contributed by atoms with Gasteiger partial charge >= 0.3 is 16.3 Å². The Balaban J connectivity index is 1.68. The van der Waals surface area contributed by atoms with Gasteiger partial charge in [-0.15, -0.1) is 11.3 Å². The summed E-state index contributed by atoms with van der Waals surface area (Å²) in [7, 11) is -4.29. The van der Waals surface area contributed by atoms with Crippen molar-refractivity contribution < 1.29 is 26.1 Å². The molecule has 0 atom stereocenters. The van der Waals surface area contributed by atoms with Crippen LogP contribution in [-0.4, -0.2) is 27.6 Å². The second-order valence-corrected chi connectivity index (χ2v) is 8.79. The topological polar surface area (TPSA) is 84.6 Å². The summed E-state index contributed by atoms with van der Waals surface area (Å²) in [6.07, 6.45) is -1.33. The van der Waals surface area contributed by atoms with Crippen molar-refractivity contribution in [2.45, 2.75) is 10.4 Å². The Kier molecular flexibility index (Phi) is 4.85. The van der Waals surface area contributed by atoms with Crippen LogP contribution in [0.1, 0.15) is 16.0 Å². The average molecular weight is 449 g/mol. The molecule has 0 fully saturated rings. The van der Waals surface area contributed by atoms with E-state index in [-0.39, 0.29) is 4.21 Å². The zero-order valence-electron chi connectivity index (χ0n) is 14.8. The third kappa shape index (κ3) is 4.06. The Bertz CT molecular complexity index is 1410. The summed E-state index contributed by atoms with van der Waals surface area (Å²) in [6.45, 7) is 0. The Labute approximate surface area is 172 Å². The van der Waals surface area contributed by atoms with Crippen LogP contribution in [0.15, 0.2) is 59.1 Å². The van der Waals surface area contributed by atoms with Crippen LogP contribution >= 0.6 is 11.3 Å². The van der Waals surface area contributed by atoms with Gasteiger partial charge in [-0.25, -0.2) is 9.50 Å². The number of alkyl halides is 3. The first-order valence-corrected chi connectivity index (χ1v) is 10.5. The maximum absolute atomic E-state index is 12.7. The third-order valence-electron chi connectivity index (χ3n) is 4.03. The highest BCUT2D eigenvalue weighted by Crippen LogP contribution is 2.30. The van der Waals surface area contributed by atoms with E-state index in [1.165, 1.54) is 35.0 Å². The molecule has 4 aromatic rings. The quantitative estimate of drug-likeness (QED) is 0.368. The lowest BCUT2D eigenvalue weighted by Crippen LogP contribution is -2.04. The van der Waals surface area contributed by atoms with Gasteiger partial charge < -0.3 is 0 Å². The van der Waals surface area contributed by atoms with E-state index in [1.807, 2.05) is 0 Å². The van der Waals surface area contributed by atoms with Gasteiger partial charge in [0.2, 0.25) is 0 Å². The molecule has 11 heteroatoms. The Morgan fingerprint density at radius 3 is 2.40 bits per heavy atom. The van der Waals surface area contributed by atoms with Crippen LogP contribution in [-0.2, 0) is 16.3 Å². The number of thiophene rings is 1. The Hall–Kier alpha value is -3.20. The highest BCUT2D eigenvalue weighted by atomic mass is 32.3.